The molecule has 0 bridgehead atoms. The molecule has 1 saturated carbocycles. The first-order chi connectivity index (χ1) is 7.33. The zero-order valence-electron chi connectivity index (χ0n) is 10.5. The number of hydrogen-bond acceptors (Lipinski definition) is 2. The molecule has 1 aliphatic carbocycles. The van der Waals surface area contributed by atoms with Gasteiger partial charge in [0.15, 0.2) is 0 Å². The minimum absolute atomic E-state index is 0.758. The maximum atomic E-state index is 3.73. The predicted octanol–water partition coefficient (Wildman–Crippen LogP) is 2.54. The van der Waals surface area contributed by atoms with Gasteiger partial charge in [-0.25, -0.2) is 0 Å². The summed E-state index contributed by atoms with van der Waals surface area (Å²) in [5, 5.41) is 7.14. The second-order valence-electron chi connectivity index (χ2n) is 5.01. The molecule has 90 valence electrons. The summed E-state index contributed by atoms with van der Waals surface area (Å²) in [5.41, 5.74) is 0. The van der Waals surface area contributed by atoms with Gasteiger partial charge in [-0.05, 0) is 38.4 Å². The zero-order chi connectivity index (χ0) is 10.9. The molecule has 1 rings (SSSR count). The van der Waals surface area contributed by atoms with Crippen molar-refractivity contribution in [2.75, 3.05) is 19.6 Å². The lowest BCUT2D eigenvalue weighted by Crippen LogP contribution is -2.35. The van der Waals surface area contributed by atoms with Crippen LogP contribution in [0.4, 0.5) is 0 Å². The van der Waals surface area contributed by atoms with Crippen LogP contribution in [0.5, 0.6) is 0 Å². The lowest BCUT2D eigenvalue weighted by atomic mass is 10.1. The molecule has 15 heavy (non-hydrogen) atoms. The Morgan fingerprint density at radius 1 is 1.07 bits per heavy atom. The summed E-state index contributed by atoms with van der Waals surface area (Å²) in [6.45, 7) is 7.92. The Bertz CT molecular complexity index is 139. The van der Waals surface area contributed by atoms with E-state index in [0.717, 1.165) is 25.0 Å². The van der Waals surface area contributed by atoms with E-state index in [1.54, 1.807) is 0 Å². The van der Waals surface area contributed by atoms with Crippen LogP contribution in [0.25, 0.3) is 0 Å². The number of rotatable bonds is 6. The van der Waals surface area contributed by atoms with Gasteiger partial charge in [-0.1, -0.05) is 39.5 Å². The maximum Gasteiger partial charge on any atom is 0.00671 e. The molecule has 0 spiro atoms. The van der Waals surface area contributed by atoms with Crippen molar-refractivity contribution in [2.24, 2.45) is 5.92 Å². The highest BCUT2D eigenvalue weighted by molar-refractivity contribution is 4.72. The van der Waals surface area contributed by atoms with Gasteiger partial charge >= 0.3 is 0 Å². The van der Waals surface area contributed by atoms with Crippen molar-refractivity contribution in [3.8, 4) is 0 Å². The van der Waals surface area contributed by atoms with Crippen molar-refractivity contribution >= 4 is 0 Å². The Labute approximate surface area is 95.2 Å². The highest BCUT2D eigenvalue weighted by Gasteiger charge is 2.12. The summed E-state index contributed by atoms with van der Waals surface area (Å²) in [7, 11) is 0. The molecule has 1 unspecified atom stereocenters. The molecule has 1 aliphatic rings. The van der Waals surface area contributed by atoms with Crippen LogP contribution in [0.3, 0.4) is 0 Å². The van der Waals surface area contributed by atoms with Crippen LogP contribution in [0, 0.1) is 5.92 Å². The molecular weight excluding hydrogens is 184 g/mol. The smallest absolute Gasteiger partial charge is 0.00671 e. The predicted molar refractivity (Wildman–Crippen MR) is 67.2 cm³/mol. The van der Waals surface area contributed by atoms with E-state index in [1.165, 1.54) is 45.1 Å². The Balaban J connectivity index is 2.06. The van der Waals surface area contributed by atoms with Crippen molar-refractivity contribution in [3.63, 3.8) is 0 Å². The van der Waals surface area contributed by atoms with Crippen LogP contribution in [-0.4, -0.2) is 25.7 Å². The van der Waals surface area contributed by atoms with E-state index in [-0.39, 0.29) is 0 Å². The van der Waals surface area contributed by atoms with Gasteiger partial charge in [-0.15, -0.1) is 0 Å². The molecular formula is C13H28N2. The largest absolute Gasteiger partial charge is 0.317 e. The fourth-order valence-corrected chi connectivity index (χ4v) is 2.31. The van der Waals surface area contributed by atoms with Crippen LogP contribution < -0.4 is 10.6 Å². The fourth-order valence-electron chi connectivity index (χ4n) is 2.31. The summed E-state index contributed by atoms with van der Waals surface area (Å²) in [6.07, 6.45) is 8.55. The zero-order valence-corrected chi connectivity index (χ0v) is 10.5. The first-order valence-electron chi connectivity index (χ1n) is 6.77. The summed E-state index contributed by atoms with van der Waals surface area (Å²) < 4.78 is 0. The lowest BCUT2D eigenvalue weighted by Gasteiger charge is -2.19. The van der Waals surface area contributed by atoms with Gasteiger partial charge in [0.1, 0.15) is 0 Å². The van der Waals surface area contributed by atoms with E-state index in [4.69, 9.17) is 0 Å². The van der Waals surface area contributed by atoms with Crippen molar-refractivity contribution in [1.29, 1.82) is 0 Å². The highest BCUT2D eigenvalue weighted by Crippen LogP contribution is 2.17. The van der Waals surface area contributed by atoms with Crippen LogP contribution in [0.15, 0.2) is 0 Å². The normalized spacial score (nSPS) is 21.2. The molecule has 2 nitrogen and oxygen atoms in total. The van der Waals surface area contributed by atoms with E-state index in [1.807, 2.05) is 0 Å². The average Bonchev–Trinajstić information content (AvgIpc) is 2.51. The quantitative estimate of drug-likeness (QED) is 0.661. The Morgan fingerprint density at radius 2 is 1.73 bits per heavy atom. The SMILES string of the molecule is CCNCC(C)CNC1CCCCCC1. The topological polar surface area (TPSA) is 24.1 Å². The van der Waals surface area contributed by atoms with Crippen molar-refractivity contribution < 1.29 is 0 Å². The van der Waals surface area contributed by atoms with Gasteiger partial charge in [0.05, 0.1) is 0 Å². The lowest BCUT2D eigenvalue weighted by molar-refractivity contribution is 0.403. The molecule has 0 aromatic rings. The van der Waals surface area contributed by atoms with Crippen LogP contribution in [0.1, 0.15) is 52.4 Å². The van der Waals surface area contributed by atoms with Gasteiger partial charge in [0.2, 0.25) is 0 Å². The second-order valence-corrected chi connectivity index (χ2v) is 5.01. The van der Waals surface area contributed by atoms with Crippen molar-refractivity contribution in [1.82, 2.24) is 10.6 Å². The summed E-state index contributed by atoms with van der Waals surface area (Å²) in [6, 6.07) is 0.802. The standard InChI is InChI=1S/C13H28N2/c1-3-14-10-12(2)11-15-13-8-6-4-5-7-9-13/h12-15H,3-11H2,1-2H3. The third kappa shape index (κ3) is 6.16. The van der Waals surface area contributed by atoms with Gasteiger partial charge in [-0.2, -0.15) is 0 Å². The Kier molecular flexibility index (Phi) is 7.03. The summed E-state index contributed by atoms with van der Waals surface area (Å²) >= 11 is 0. The minimum Gasteiger partial charge on any atom is -0.317 e. The molecule has 0 aliphatic heterocycles. The fraction of sp³-hybridized carbons (Fsp3) is 1.00. The average molecular weight is 212 g/mol. The van der Waals surface area contributed by atoms with E-state index in [9.17, 15) is 0 Å². The third-order valence-electron chi connectivity index (χ3n) is 3.35. The van der Waals surface area contributed by atoms with E-state index >= 15 is 0 Å². The number of nitrogens with one attached hydrogen (secondary N) is 2. The monoisotopic (exact) mass is 212 g/mol. The Morgan fingerprint density at radius 3 is 2.33 bits per heavy atom. The molecule has 0 aromatic heterocycles. The molecule has 0 aromatic carbocycles. The molecule has 1 fully saturated rings. The third-order valence-corrected chi connectivity index (χ3v) is 3.35. The minimum atomic E-state index is 0.758. The molecule has 1 atom stereocenters. The van der Waals surface area contributed by atoms with Crippen LogP contribution in [0.2, 0.25) is 0 Å². The molecule has 2 heteroatoms. The maximum absolute atomic E-state index is 3.73. The van der Waals surface area contributed by atoms with Gasteiger partial charge < -0.3 is 10.6 Å². The van der Waals surface area contributed by atoms with Gasteiger partial charge in [0, 0.05) is 6.04 Å². The summed E-state index contributed by atoms with van der Waals surface area (Å²) in [5.74, 6) is 0.758. The Hall–Kier alpha value is -0.0800. The molecule has 0 heterocycles. The second kappa shape index (κ2) is 8.12. The molecule has 0 radical (unpaired) electrons. The van der Waals surface area contributed by atoms with Gasteiger partial charge in [0.25, 0.3) is 0 Å². The van der Waals surface area contributed by atoms with Crippen molar-refractivity contribution in [3.05, 3.63) is 0 Å². The summed E-state index contributed by atoms with van der Waals surface area (Å²) in [4.78, 5) is 0. The van der Waals surface area contributed by atoms with Crippen LogP contribution >= 0.6 is 0 Å². The first kappa shape index (κ1) is 13.0. The highest BCUT2D eigenvalue weighted by atomic mass is 14.9. The van der Waals surface area contributed by atoms with E-state index in [2.05, 4.69) is 24.5 Å². The first-order valence-corrected chi connectivity index (χ1v) is 6.77. The molecule has 2 N–H and O–H groups in total. The molecule has 0 amide bonds. The van der Waals surface area contributed by atoms with E-state index in [0.29, 0.717) is 0 Å². The molecule has 0 saturated heterocycles. The van der Waals surface area contributed by atoms with Crippen molar-refractivity contribution in [2.45, 2.75) is 58.4 Å². The van der Waals surface area contributed by atoms with Crippen LogP contribution in [-0.2, 0) is 0 Å². The number of hydrogen-bond donors (Lipinski definition) is 2. The van der Waals surface area contributed by atoms with E-state index < -0.39 is 0 Å². The van der Waals surface area contributed by atoms with Gasteiger partial charge in [-0.3, -0.25) is 0 Å².